The van der Waals surface area contributed by atoms with Crippen LogP contribution in [0.2, 0.25) is 0 Å². The number of rotatable bonds is 5. The standard InChI is InChI=1S/C16H17N3O5S/c1-2-24-15(20)12-17-14-9-6-10-18(14)25(22,23)19(16(17)21)11-13-7-4-3-5-8-13/h3-10H,2,11-12H2,1H3. The van der Waals surface area contributed by atoms with Gasteiger partial charge in [-0.1, -0.05) is 30.3 Å². The van der Waals surface area contributed by atoms with E-state index in [1.54, 1.807) is 37.3 Å². The second-order valence-corrected chi connectivity index (χ2v) is 7.07. The number of aromatic nitrogens is 1. The second kappa shape index (κ2) is 6.60. The Morgan fingerprint density at radius 1 is 1.12 bits per heavy atom. The van der Waals surface area contributed by atoms with Crippen molar-refractivity contribution in [1.29, 1.82) is 0 Å². The maximum absolute atomic E-state index is 12.8. The number of carbonyl (C=O) groups is 2. The molecule has 3 rings (SSSR count). The van der Waals surface area contributed by atoms with Gasteiger partial charge in [-0.3, -0.25) is 9.69 Å². The average Bonchev–Trinajstić information content (AvgIpc) is 3.08. The van der Waals surface area contributed by atoms with Gasteiger partial charge in [-0.25, -0.2) is 8.77 Å². The highest BCUT2D eigenvalue weighted by Gasteiger charge is 2.41. The van der Waals surface area contributed by atoms with E-state index in [4.69, 9.17) is 4.74 Å². The Bertz CT molecular complexity index is 892. The Morgan fingerprint density at radius 2 is 1.84 bits per heavy atom. The maximum atomic E-state index is 12.8. The van der Waals surface area contributed by atoms with Crippen molar-refractivity contribution >= 4 is 28.0 Å². The molecule has 0 saturated heterocycles. The number of carbonyl (C=O) groups excluding carboxylic acids is 2. The number of esters is 1. The number of hydrogen-bond acceptors (Lipinski definition) is 5. The van der Waals surface area contributed by atoms with E-state index in [9.17, 15) is 18.0 Å². The topological polar surface area (TPSA) is 88.9 Å². The van der Waals surface area contributed by atoms with Crippen LogP contribution in [0, 0.1) is 0 Å². The fourth-order valence-corrected chi connectivity index (χ4v) is 4.02. The van der Waals surface area contributed by atoms with Gasteiger partial charge in [0.15, 0.2) is 0 Å². The van der Waals surface area contributed by atoms with Crippen molar-refractivity contribution < 1.29 is 22.7 Å². The van der Waals surface area contributed by atoms with Gasteiger partial charge in [0.25, 0.3) is 0 Å². The first-order valence-corrected chi connectivity index (χ1v) is 9.06. The van der Waals surface area contributed by atoms with Crippen LogP contribution in [0.15, 0.2) is 48.7 Å². The summed E-state index contributed by atoms with van der Waals surface area (Å²) in [5.41, 5.74) is 0.658. The fourth-order valence-electron chi connectivity index (χ4n) is 2.58. The van der Waals surface area contributed by atoms with Crippen molar-refractivity contribution in [3.8, 4) is 0 Å². The lowest BCUT2D eigenvalue weighted by Gasteiger charge is -2.35. The van der Waals surface area contributed by atoms with Gasteiger partial charge in [0.1, 0.15) is 12.4 Å². The van der Waals surface area contributed by atoms with Gasteiger partial charge in [-0.2, -0.15) is 12.7 Å². The molecule has 25 heavy (non-hydrogen) atoms. The van der Waals surface area contributed by atoms with Crippen LogP contribution in [0.5, 0.6) is 0 Å². The van der Waals surface area contributed by atoms with Crippen molar-refractivity contribution in [2.45, 2.75) is 13.5 Å². The first kappa shape index (κ1) is 17.0. The van der Waals surface area contributed by atoms with Crippen LogP contribution in [-0.2, 0) is 26.3 Å². The van der Waals surface area contributed by atoms with Gasteiger partial charge in [0.2, 0.25) is 0 Å². The summed E-state index contributed by atoms with van der Waals surface area (Å²) >= 11 is 0. The third kappa shape index (κ3) is 3.10. The minimum absolute atomic E-state index is 0.113. The second-order valence-electron chi connectivity index (χ2n) is 5.34. The van der Waals surface area contributed by atoms with Crippen LogP contribution in [0.4, 0.5) is 10.6 Å². The highest BCUT2D eigenvalue weighted by atomic mass is 32.2. The monoisotopic (exact) mass is 363 g/mol. The summed E-state index contributed by atoms with van der Waals surface area (Å²) in [7, 11) is -4.06. The normalized spacial score (nSPS) is 15.8. The number of hydrogen-bond donors (Lipinski definition) is 0. The van der Waals surface area contributed by atoms with E-state index in [2.05, 4.69) is 0 Å². The van der Waals surface area contributed by atoms with Gasteiger partial charge in [0, 0.05) is 6.20 Å². The van der Waals surface area contributed by atoms with Crippen LogP contribution < -0.4 is 4.90 Å². The predicted molar refractivity (Wildman–Crippen MR) is 90.1 cm³/mol. The zero-order chi connectivity index (χ0) is 18.0. The van der Waals surface area contributed by atoms with E-state index in [1.165, 1.54) is 18.3 Å². The summed E-state index contributed by atoms with van der Waals surface area (Å²) in [6, 6.07) is 10.9. The summed E-state index contributed by atoms with van der Waals surface area (Å²) in [4.78, 5) is 25.7. The largest absolute Gasteiger partial charge is 0.465 e. The van der Waals surface area contributed by atoms with Crippen molar-refractivity contribution in [3.63, 3.8) is 0 Å². The Morgan fingerprint density at radius 3 is 2.52 bits per heavy atom. The molecular weight excluding hydrogens is 346 g/mol. The van der Waals surface area contributed by atoms with Crippen LogP contribution in [0.1, 0.15) is 12.5 Å². The van der Waals surface area contributed by atoms with Crippen LogP contribution >= 0.6 is 0 Å². The smallest absolute Gasteiger partial charge is 0.341 e. The highest BCUT2D eigenvalue weighted by molar-refractivity contribution is 7.88. The number of anilines is 1. The predicted octanol–water partition coefficient (Wildman–Crippen LogP) is 1.59. The molecule has 1 aliphatic heterocycles. The molecule has 1 aromatic heterocycles. The van der Waals surface area contributed by atoms with E-state index in [-0.39, 0.29) is 25.5 Å². The van der Waals surface area contributed by atoms with Gasteiger partial charge in [-0.15, -0.1) is 0 Å². The number of urea groups is 1. The Kier molecular flexibility index (Phi) is 4.49. The zero-order valence-electron chi connectivity index (χ0n) is 13.5. The maximum Gasteiger partial charge on any atom is 0.341 e. The van der Waals surface area contributed by atoms with Crippen LogP contribution in [0.3, 0.4) is 0 Å². The van der Waals surface area contributed by atoms with E-state index < -0.39 is 22.2 Å². The average molecular weight is 363 g/mol. The summed E-state index contributed by atoms with van der Waals surface area (Å²) in [6.07, 6.45) is 1.34. The van der Waals surface area contributed by atoms with Gasteiger partial charge < -0.3 is 4.74 Å². The molecule has 0 bridgehead atoms. The SMILES string of the molecule is CCOC(=O)CN1C(=O)N(Cc2ccccc2)S(=O)(=O)n2cccc21. The molecule has 0 saturated carbocycles. The van der Waals surface area contributed by atoms with Crippen molar-refractivity contribution in [3.05, 3.63) is 54.2 Å². The minimum atomic E-state index is -4.06. The van der Waals surface area contributed by atoms with Crippen molar-refractivity contribution in [1.82, 2.24) is 8.28 Å². The molecule has 0 atom stereocenters. The lowest BCUT2D eigenvalue weighted by Crippen LogP contribution is -2.54. The van der Waals surface area contributed by atoms with E-state index >= 15 is 0 Å². The molecule has 0 unspecified atom stereocenters. The zero-order valence-corrected chi connectivity index (χ0v) is 14.3. The third-order valence-corrected chi connectivity index (χ3v) is 5.35. The molecule has 2 amide bonds. The summed E-state index contributed by atoms with van der Waals surface area (Å²) in [5, 5.41) is 0. The van der Waals surface area contributed by atoms with Crippen molar-refractivity contribution in [2.24, 2.45) is 0 Å². The van der Waals surface area contributed by atoms with Gasteiger partial charge in [0.05, 0.1) is 13.2 Å². The minimum Gasteiger partial charge on any atom is -0.465 e. The third-order valence-electron chi connectivity index (χ3n) is 3.70. The van der Waals surface area contributed by atoms with E-state index in [0.29, 0.717) is 5.56 Å². The first-order valence-electron chi connectivity index (χ1n) is 7.66. The molecule has 9 heteroatoms. The molecular formula is C16H17N3O5S. The van der Waals surface area contributed by atoms with Crippen LogP contribution in [0.25, 0.3) is 0 Å². The Labute approximate surface area is 145 Å². The molecule has 0 aliphatic carbocycles. The molecule has 1 aromatic carbocycles. The number of nitrogens with zero attached hydrogens (tertiary/aromatic N) is 3. The van der Waals surface area contributed by atoms with Crippen molar-refractivity contribution in [2.75, 3.05) is 18.1 Å². The summed E-state index contributed by atoms with van der Waals surface area (Å²) < 4.78 is 32.1. The number of amides is 2. The molecule has 2 heterocycles. The summed E-state index contributed by atoms with van der Waals surface area (Å²) in [5.74, 6) is -0.495. The molecule has 0 radical (unpaired) electrons. The number of fused-ring (bicyclic) bond motifs is 1. The fraction of sp³-hybridized carbons (Fsp3) is 0.250. The molecule has 8 nitrogen and oxygen atoms in total. The van der Waals surface area contributed by atoms with Gasteiger partial charge in [-0.05, 0) is 24.6 Å². The lowest BCUT2D eigenvalue weighted by molar-refractivity contribution is -0.141. The van der Waals surface area contributed by atoms with Crippen LogP contribution in [-0.4, -0.2) is 41.8 Å². The van der Waals surface area contributed by atoms with E-state index in [1.807, 2.05) is 0 Å². The highest BCUT2D eigenvalue weighted by Crippen LogP contribution is 2.28. The quantitative estimate of drug-likeness (QED) is 0.753. The molecule has 1 aliphatic rings. The molecule has 0 spiro atoms. The molecule has 0 fully saturated rings. The summed E-state index contributed by atoms with van der Waals surface area (Å²) in [6.45, 7) is 1.34. The van der Waals surface area contributed by atoms with E-state index in [0.717, 1.165) is 13.2 Å². The Balaban J connectivity index is 1.99. The lowest BCUT2D eigenvalue weighted by atomic mass is 10.2. The molecule has 0 N–H and O–H groups in total. The van der Waals surface area contributed by atoms with Gasteiger partial charge >= 0.3 is 22.2 Å². The number of benzene rings is 1. The Hall–Kier alpha value is -2.81. The molecule has 132 valence electrons. The first-order chi connectivity index (χ1) is 11.9. The molecule has 2 aromatic rings. The number of ether oxygens (including phenoxy) is 1.